The average molecular weight is 281 g/mol. The first-order valence-corrected chi connectivity index (χ1v) is 6.93. The highest BCUT2D eigenvalue weighted by molar-refractivity contribution is 6.30. The summed E-state index contributed by atoms with van der Waals surface area (Å²) < 4.78 is 5.64. The third kappa shape index (κ3) is 2.30. The van der Waals surface area contributed by atoms with E-state index < -0.39 is 5.60 Å². The normalized spacial score (nSPS) is 30.7. The Morgan fingerprint density at radius 3 is 2.79 bits per heavy atom. The molecule has 0 spiro atoms. The standard InChI is InChI=1S/C14H17ClN2O2/c1-14(10-6-7-16-8-10)9-17(13(18)19-14)12-4-2-11(15)3-5-12/h2-5,10,16H,6-9H2,1H3. The molecular formula is C14H17ClN2O2. The zero-order valence-electron chi connectivity index (χ0n) is 10.9. The van der Waals surface area contributed by atoms with Crippen LogP contribution in [-0.4, -0.2) is 31.3 Å². The lowest BCUT2D eigenvalue weighted by atomic mass is 9.88. The van der Waals surface area contributed by atoms with Crippen molar-refractivity contribution in [3.05, 3.63) is 29.3 Å². The molecule has 2 aliphatic heterocycles. The predicted octanol–water partition coefficient (Wildman–Crippen LogP) is 2.66. The lowest BCUT2D eigenvalue weighted by Crippen LogP contribution is -2.40. The topological polar surface area (TPSA) is 41.6 Å². The number of rotatable bonds is 2. The van der Waals surface area contributed by atoms with Gasteiger partial charge in [0, 0.05) is 23.2 Å². The van der Waals surface area contributed by atoms with E-state index in [4.69, 9.17) is 16.3 Å². The third-order valence-electron chi connectivity index (χ3n) is 4.08. The molecule has 2 atom stereocenters. The molecule has 2 heterocycles. The fraction of sp³-hybridized carbons (Fsp3) is 0.500. The van der Waals surface area contributed by atoms with E-state index in [0.29, 0.717) is 17.5 Å². The van der Waals surface area contributed by atoms with E-state index in [1.54, 1.807) is 17.0 Å². The summed E-state index contributed by atoms with van der Waals surface area (Å²) >= 11 is 5.87. The monoisotopic (exact) mass is 280 g/mol. The van der Waals surface area contributed by atoms with E-state index in [-0.39, 0.29) is 6.09 Å². The lowest BCUT2D eigenvalue weighted by molar-refractivity contribution is 0.0287. The van der Waals surface area contributed by atoms with E-state index in [1.807, 2.05) is 19.1 Å². The molecule has 0 aromatic heterocycles. The van der Waals surface area contributed by atoms with Gasteiger partial charge in [-0.1, -0.05) is 11.6 Å². The number of amides is 1. The summed E-state index contributed by atoms with van der Waals surface area (Å²) in [5, 5.41) is 3.99. The van der Waals surface area contributed by atoms with Crippen molar-refractivity contribution in [2.24, 2.45) is 5.92 Å². The second-order valence-electron chi connectivity index (χ2n) is 5.43. The van der Waals surface area contributed by atoms with Gasteiger partial charge in [-0.05, 0) is 44.2 Å². The molecule has 3 rings (SSSR count). The molecule has 1 N–H and O–H groups in total. The highest BCUT2D eigenvalue weighted by Gasteiger charge is 2.48. The van der Waals surface area contributed by atoms with Gasteiger partial charge in [-0.25, -0.2) is 4.79 Å². The molecule has 0 saturated carbocycles. The molecule has 2 fully saturated rings. The van der Waals surface area contributed by atoms with Gasteiger partial charge in [0.15, 0.2) is 0 Å². The first-order chi connectivity index (χ1) is 9.08. The Balaban J connectivity index is 1.81. The van der Waals surface area contributed by atoms with Crippen molar-refractivity contribution in [3.63, 3.8) is 0 Å². The van der Waals surface area contributed by atoms with Gasteiger partial charge < -0.3 is 10.1 Å². The zero-order valence-corrected chi connectivity index (χ0v) is 11.6. The highest BCUT2D eigenvalue weighted by atomic mass is 35.5. The second kappa shape index (κ2) is 4.69. The third-order valence-corrected chi connectivity index (χ3v) is 4.33. The summed E-state index contributed by atoms with van der Waals surface area (Å²) in [6, 6.07) is 7.28. The molecule has 2 unspecified atom stereocenters. The molecule has 0 radical (unpaired) electrons. The molecule has 5 heteroatoms. The van der Waals surface area contributed by atoms with Gasteiger partial charge in [0.2, 0.25) is 0 Å². The van der Waals surface area contributed by atoms with Crippen molar-refractivity contribution in [2.45, 2.75) is 18.9 Å². The van der Waals surface area contributed by atoms with Crippen molar-refractivity contribution in [1.29, 1.82) is 0 Å². The minimum Gasteiger partial charge on any atom is -0.441 e. The molecule has 2 saturated heterocycles. The Labute approximate surface area is 117 Å². The van der Waals surface area contributed by atoms with E-state index in [1.165, 1.54) is 0 Å². The summed E-state index contributed by atoms with van der Waals surface area (Å²) in [5.74, 6) is 0.383. The van der Waals surface area contributed by atoms with Crippen molar-refractivity contribution < 1.29 is 9.53 Å². The number of cyclic esters (lactones) is 1. The molecule has 0 aliphatic carbocycles. The molecule has 1 aromatic carbocycles. The first kappa shape index (κ1) is 12.8. The molecular weight excluding hydrogens is 264 g/mol. The maximum atomic E-state index is 12.1. The van der Waals surface area contributed by atoms with Crippen LogP contribution < -0.4 is 10.2 Å². The fourth-order valence-corrected chi connectivity index (χ4v) is 3.00. The van der Waals surface area contributed by atoms with Crippen LogP contribution in [0.2, 0.25) is 5.02 Å². The number of nitrogens with zero attached hydrogens (tertiary/aromatic N) is 1. The minimum absolute atomic E-state index is 0.267. The largest absolute Gasteiger partial charge is 0.441 e. The van der Waals surface area contributed by atoms with Gasteiger partial charge in [0.25, 0.3) is 0 Å². The molecule has 19 heavy (non-hydrogen) atoms. The van der Waals surface area contributed by atoms with Crippen LogP contribution in [0.15, 0.2) is 24.3 Å². The Kier molecular flexibility index (Phi) is 3.15. The number of benzene rings is 1. The first-order valence-electron chi connectivity index (χ1n) is 6.55. The number of carbonyl (C=O) groups excluding carboxylic acids is 1. The van der Waals surface area contributed by atoms with E-state index in [0.717, 1.165) is 25.2 Å². The minimum atomic E-state index is -0.403. The maximum absolute atomic E-state index is 12.1. The van der Waals surface area contributed by atoms with Crippen LogP contribution in [-0.2, 0) is 4.74 Å². The van der Waals surface area contributed by atoms with Gasteiger partial charge in [-0.15, -0.1) is 0 Å². The summed E-state index contributed by atoms with van der Waals surface area (Å²) in [6.45, 7) is 4.54. The SMILES string of the molecule is CC1(C2CCNC2)CN(c2ccc(Cl)cc2)C(=O)O1. The summed E-state index contributed by atoms with van der Waals surface area (Å²) in [4.78, 5) is 13.8. The van der Waals surface area contributed by atoms with Crippen molar-refractivity contribution in [2.75, 3.05) is 24.5 Å². The number of anilines is 1. The van der Waals surface area contributed by atoms with Crippen LogP contribution >= 0.6 is 11.6 Å². The van der Waals surface area contributed by atoms with Crippen LogP contribution in [0.5, 0.6) is 0 Å². The van der Waals surface area contributed by atoms with Gasteiger partial charge in [0.05, 0.1) is 6.54 Å². The molecule has 4 nitrogen and oxygen atoms in total. The molecule has 1 aromatic rings. The van der Waals surface area contributed by atoms with Crippen LogP contribution in [0.4, 0.5) is 10.5 Å². The molecule has 2 aliphatic rings. The van der Waals surface area contributed by atoms with Crippen molar-refractivity contribution >= 4 is 23.4 Å². The highest BCUT2D eigenvalue weighted by Crippen LogP contribution is 2.35. The molecule has 1 amide bonds. The van der Waals surface area contributed by atoms with E-state index in [9.17, 15) is 4.79 Å². The van der Waals surface area contributed by atoms with Crippen LogP contribution in [0.3, 0.4) is 0 Å². The lowest BCUT2D eigenvalue weighted by Gasteiger charge is -2.28. The quantitative estimate of drug-likeness (QED) is 0.906. The van der Waals surface area contributed by atoms with Gasteiger partial charge in [-0.2, -0.15) is 0 Å². The van der Waals surface area contributed by atoms with E-state index in [2.05, 4.69) is 5.32 Å². The summed E-state index contributed by atoms with van der Waals surface area (Å²) in [6.07, 6.45) is 0.787. The van der Waals surface area contributed by atoms with Crippen LogP contribution in [0.25, 0.3) is 0 Å². The maximum Gasteiger partial charge on any atom is 0.415 e. The Morgan fingerprint density at radius 1 is 1.42 bits per heavy atom. The number of halogens is 1. The van der Waals surface area contributed by atoms with Crippen molar-refractivity contribution in [3.8, 4) is 0 Å². The second-order valence-corrected chi connectivity index (χ2v) is 5.87. The Hall–Kier alpha value is -1.26. The summed E-state index contributed by atoms with van der Waals surface area (Å²) in [5.41, 5.74) is 0.435. The van der Waals surface area contributed by atoms with Crippen LogP contribution in [0.1, 0.15) is 13.3 Å². The van der Waals surface area contributed by atoms with Gasteiger partial charge in [-0.3, -0.25) is 4.90 Å². The zero-order chi connectivity index (χ0) is 13.5. The number of hydrogen-bond donors (Lipinski definition) is 1. The number of ether oxygens (including phenoxy) is 1. The van der Waals surface area contributed by atoms with Crippen molar-refractivity contribution in [1.82, 2.24) is 5.32 Å². The smallest absolute Gasteiger partial charge is 0.415 e. The van der Waals surface area contributed by atoms with Gasteiger partial charge in [0.1, 0.15) is 5.60 Å². The Morgan fingerprint density at radius 2 is 2.16 bits per heavy atom. The number of hydrogen-bond acceptors (Lipinski definition) is 3. The fourth-order valence-electron chi connectivity index (χ4n) is 2.87. The van der Waals surface area contributed by atoms with Crippen LogP contribution in [0, 0.1) is 5.92 Å². The molecule has 0 bridgehead atoms. The average Bonchev–Trinajstić information content (AvgIpc) is 2.99. The predicted molar refractivity (Wildman–Crippen MR) is 74.7 cm³/mol. The number of nitrogens with one attached hydrogen (secondary N) is 1. The summed E-state index contributed by atoms with van der Waals surface area (Å²) in [7, 11) is 0. The number of carbonyl (C=O) groups is 1. The Bertz CT molecular complexity index is 485. The van der Waals surface area contributed by atoms with Gasteiger partial charge >= 0.3 is 6.09 Å². The van der Waals surface area contributed by atoms with E-state index >= 15 is 0 Å². The molecule has 102 valence electrons.